The second-order valence-corrected chi connectivity index (χ2v) is 6.76. The number of nitrogens with zero attached hydrogens (tertiary/aromatic N) is 3. The van der Waals surface area contributed by atoms with Crippen molar-refractivity contribution < 1.29 is 28.4 Å². The van der Waals surface area contributed by atoms with Gasteiger partial charge in [0.1, 0.15) is 12.5 Å². The van der Waals surface area contributed by atoms with Gasteiger partial charge in [0.25, 0.3) is 11.8 Å². The minimum Gasteiger partial charge on any atom is -0.423 e. The summed E-state index contributed by atoms with van der Waals surface area (Å²) in [6, 6.07) is 3.63. The Balaban J connectivity index is 1.54. The zero-order valence-corrected chi connectivity index (χ0v) is 15.5. The quantitative estimate of drug-likeness (QED) is 0.508. The lowest BCUT2D eigenvalue weighted by Crippen LogP contribution is -2.54. The molecule has 154 valence electrons. The number of rotatable bonds is 6. The van der Waals surface area contributed by atoms with Crippen LogP contribution in [0.3, 0.4) is 0 Å². The van der Waals surface area contributed by atoms with Gasteiger partial charge in [-0.15, -0.1) is 10.2 Å². The van der Waals surface area contributed by atoms with E-state index in [2.05, 4.69) is 20.8 Å². The first-order valence-corrected chi connectivity index (χ1v) is 9.03. The maximum atomic E-state index is 13.0. The number of anilines is 1. The molecule has 1 aromatic carbocycles. The predicted molar refractivity (Wildman–Crippen MR) is 97.6 cm³/mol. The Morgan fingerprint density at radius 3 is 2.70 bits per heavy atom. The predicted octanol–water partition coefficient (Wildman–Crippen LogP) is -0.889. The number of nitrogens with two attached hydrogens (primary N) is 1. The lowest BCUT2D eigenvalue weighted by molar-refractivity contribution is -0.136. The Labute approximate surface area is 168 Å². The largest absolute Gasteiger partial charge is 0.423 e. The van der Waals surface area contributed by atoms with Crippen molar-refractivity contribution in [2.24, 2.45) is 5.73 Å². The average molecular weight is 412 g/mol. The van der Waals surface area contributed by atoms with Gasteiger partial charge < -0.3 is 15.5 Å². The van der Waals surface area contributed by atoms with E-state index in [-0.39, 0.29) is 48.7 Å². The third-order valence-electron chi connectivity index (χ3n) is 4.73. The Bertz CT molecular complexity index is 1090. The molecule has 1 aromatic heterocycles. The first-order valence-electron chi connectivity index (χ1n) is 9.03. The van der Waals surface area contributed by atoms with E-state index in [0.717, 1.165) is 4.90 Å². The van der Waals surface area contributed by atoms with Crippen LogP contribution in [0.2, 0.25) is 0 Å². The summed E-state index contributed by atoms with van der Waals surface area (Å²) in [5.41, 5.74) is 5.68. The molecule has 30 heavy (non-hydrogen) atoms. The normalized spacial score (nSPS) is 18.4. The molecule has 0 saturated carbocycles. The Kier molecular flexibility index (Phi) is 4.74. The Morgan fingerprint density at radius 2 is 1.97 bits per heavy atom. The van der Waals surface area contributed by atoms with E-state index in [1.54, 1.807) is 12.1 Å². The van der Waals surface area contributed by atoms with Crippen LogP contribution in [0.4, 0.5) is 5.69 Å². The Morgan fingerprint density at radius 1 is 1.20 bits per heavy atom. The van der Waals surface area contributed by atoms with Crippen LogP contribution in [-0.4, -0.2) is 50.7 Å². The van der Waals surface area contributed by atoms with Gasteiger partial charge in [-0.1, -0.05) is 6.07 Å². The van der Waals surface area contributed by atoms with Crippen molar-refractivity contribution in [3.8, 4) is 0 Å². The fourth-order valence-corrected chi connectivity index (χ4v) is 3.41. The van der Waals surface area contributed by atoms with E-state index in [1.807, 2.05) is 0 Å². The van der Waals surface area contributed by atoms with Gasteiger partial charge in [0.15, 0.2) is 0 Å². The molecule has 2 aliphatic heterocycles. The molecule has 1 atom stereocenters. The average Bonchev–Trinajstić information content (AvgIpc) is 3.23. The van der Waals surface area contributed by atoms with Crippen molar-refractivity contribution in [2.75, 3.05) is 5.32 Å². The first kappa shape index (κ1) is 19.2. The van der Waals surface area contributed by atoms with Crippen LogP contribution in [0.25, 0.3) is 0 Å². The molecule has 12 heteroatoms. The number of nitrogens with one attached hydrogen (secondary N) is 2. The molecule has 0 radical (unpaired) electrons. The highest BCUT2D eigenvalue weighted by atomic mass is 16.4. The number of primary amides is 1. The number of benzene rings is 1. The molecule has 0 aliphatic carbocycles. The minimum atomic E-state index is -1.05. The standard InChI is InChI=1S/C18H16N6O6/c19-11(25)6-13-22-23-14(30-13)7-20-9-3-1-2-8-15(9)18(29)24(17(8)28)10-4-5-12(26)21-16(10)27/h1-3,10,20H,4-7H2,(H2,19,25)(H,21,26,27). The van der Waals surface area contributed by atoms with Gasteiger partial charge in [0.05, 0.1) is 17.7 Å². The van der Waals surface area contributed by atoms with Crippen molar-refractivity contribution in [2.45, 2.75) is 31.8 Å². The van der Waals surface area contributed by atoms with Gasteiger partial charge in [-0.3, -0.25) is 34.2 Å². The van der Waals surface area contributed by atoms with Gasteiger partial charge in [0, 0.05) is 12.1 Å². The third-order valence-corrected chi connectivity index (χ3v) is 4.73. The second-order valence-electron chi connectivity index (χ2n) is 6.76. The maximum absolute atomic E-state index is 13.0. The molecule has 1 saturated heterocycles. The SMILES string of the molecule is NC(=O)Cc1nnc(CNc2cccc3c2C(=O)N(C2CCC(=O)NC2=O)C3=O)o1. The van der Waals surface area contributed by atoms with Crippen molar-refractivity contribution >= 4 is 35.2 Å². The number of hydrogen-bond acceptors (Lipinski definition) is 9. The first-order chi connectivity index (χ1) is 14.3. The molecule has 12 nitrogen and oxygen atoms in total. The van der Waals surface area contributed by atoms with Crippen molar-refractivity contribution in [3.63, 3.8) is 0 Å². The summed E-state index contributed by atoms with van der Waals surface area (Å²) in [5, 5.41) is 12.6. The second kappa shape index (κ2) is 7.39. The van der Waals surface area contributed by atoms with Gasteiger partial charge in [-0.05, 0) is 18.6 Å². The number of fused-ring (bicyclic) bond motifs is 1. The summed E-state index contributed by atoms with van der Waals surface area (Å²) in [6.07, 6.45) is -0.0785. The maximum Gasteiger partial charge on any atom is 0.264 e. The van der Waals surface area contributed by atoms with E-state index in [0.29, 0.717) is 5.69 Å². The molecule has 1 unspecified atom stereocenters. The Hall–Kier alpha value is -4.09. The van der Waals surface area contributed by atoms with Crippen LogP contribution in [0.1, 0.15) is 45.3 Å². The molecular formula is C18H16N6O6. The smallest absolute Gasteiger partial charge is 0.264 e. The van der Waals surface area contributed by atoms with Crippen LogP contribution in [0.15, 0.2) is 22.6 Å². The van der Waals surface area contributed by atoms with E-state index < -0.39 is 35.6 Å². The number of piperidine rings is 1. The van der Waals surface area contributed by atoms with E-state index >= 15 is 0 Å². The molecule has 0 spiro atoms. The van der Waals surface area contributed by atoms with Gasteiger partial charge in [-0.2, -0.15) is 0 Å². The number of amides is 5. The highest BCUT2D eigenvalue weighted by Gasteiger charge is 2.45. The molecule has 1 fully saturated rings. The number of carbonyl (C=O) groups is 5. The van der Waals surface area contributed by atoms with Gasteiger partial charge >= 0.3 is 0 Å². The third kappa shape index (κ3) is 3.38. The highest BCUT2D eigenvalue weighted by molar-refractivity contribution is 6.25. The minimum absolute atomic E-state index is 0.0299. The van der Waals surface area contributed by atoms with Crippen LogP contribution < -0.4 is 16.4 Å². The molecule has 4 rings (SSSR count). The monoisotopic (exact) mass is 412 g/mol. The fourth-order valence-electron chi connectivity index (χ4n) is 3.41. The van der Waals surface area contributed by atoms with Gasteiger partial charge in [-0.25, -0.2) is 0 Å². The summed E-state index contributed by atoms with van der Waals surface area (Å²) in [5.74, 6) is -2.75. The van der Waals surface area contributed by atoms with Crippen LogP contribution in [0, 0.1) is 0 Å². The zero-order valence-electron chi connectivity index (χ0n) is 15.5. The molecule has 5 amide bonds. The number of aromatic nitrogens is 2. The lowest BCUT2D eigenvalue weighted by Gasteiger charge is -2.27. The zero-order chi connectivity index (χ0) is 21.4. The van der Waals surface area contributed by atoms with Crippen molar-refractivity contribution in [3.05, 3.63) is 41.1 Å². The molecule has 2 aromatic rings. The lowest BCUT2D eigenvalue weighted by atomic mass is 10.0. The molecule has 2 aliphatic rings. The van der Waals surface area contributed by atoms with E-state index in [9.17, 15) is 24.0 Å². The summed E-state index contributed by atoms with van der Waals surface area (Å²) in [4.78, 5) is 61.1. The van der Waals surface area contributed by atoms with Crippen LogP contribution in [0.5, 0.6) is 0 Å². The topological polar surface area (TPSA) is 178 Å². The summed E-state index contributed by atoms with van der Waals surface area (Å²) in [7, 11) is 0. The van der Waals surface area contributed by atoms with Crippen molar-refractivity contribution in [1.29, 1.82) is 0 Å². The van der Waals surface area contributed by atoms with Crippen molar-refractivity contribution in [1.82, 2.24) is 20.4 Å². The molecule has 4 N–H and O–H groups in total. The highest BCUT2D eigenvalue weighted by Crippen LogP contribution is 2.32. The molecular weight excluding hydrogens is 396 g/mol. The fraction of sp³-hybridized carbons (Fsp3) is 0.278. The number of imide groups is 2. The molecule has 0 bridgehead atoms. The van der Waals surface area contributed by atoms with Gasteiger partial charge in [0.2, 0.25) is 29.5 Å². The summed E-state index contributed by atoms with van der Waals surface area (Å²) < 4.78 is 5.29. The van der Waals surface area contributed by atoms with E-state index in [4.69, 9.17) is 10.2 Å². The number of carbonyl (C=O) groups excluding carboxylic acids is 5. The van der Waals surface area contributed by atoms with Crippen LogP contribution in [-0.2, 0) is 27.3 Å². The summed E-state index contributed by atoms with van der Waals surface area (Å²) >= 11 is 0. The molecule has 3 heterocycles. The number of hydrogen-bond donors (Lipinski definition) is 3. The summed E-state index contributed by atoms with van der Waals surface area (Å²) in [6.45, 7) is 0.0299. The van der Waals surface area contributed by atoms with E-state index in [1.165, 1.54) is 6.07 Å². The van der Waals surface area contributed by atoms with Crippen LogP contribution >= 0.6 is 0 Å².